The van der Waals surface area contributed by atoms with Crippen molar-refractivity contribution in [2.75, 3.05) is 0 Å². The maximum atomic E-state index is 14.2. The molecule has 0 radical (unpaired) electrons. The second-order valence-electron chi connectivity index (χ2n) is 6.83. The van der Waals surface area contributed by atoms with Crippen LogP contribution in [-0.4, -0.2) is 21.6 Å². The van der Waals surface area contributed by atoms with Gasteiger partial charge in [0, 0.05) is 24.8 Å². The number of carbonyl (C=O) groups excluding carboxylic acids is 2. The molecule has 0 saturated heterocycles. The third-order valence-electron chi connectivity index (χ3n) is 3.72. The Morgan fingerprint density at radius 2 is 1.96 bits per heavy atom. The number of amides is 2. The summed E-state index contributed by atoms with van der Waals surface area (Å²) in [5.41, 5.74) is 1.07. The summed E-state index contributed by atoms with van der Waals surface area (Å²) < 4.78 is 15.8. The van der Waals surface area contributed by atoms with E-state index in [-0.39, 0.29) is 30.4 Å². The van der Waals surface area contributed by atoms with Gasteiger partial charge in [0.2, 0.25) is 5.91 Å². The van der Waals surface area contributed by atoms with Crippen molar-refractivity contribution in [1.29, 1.82) is 0 Å². The van der Waals surface area contributed by atoms with Crippen LogP contribution >= 0.6 is 0 Å². The Labute approximate surface area is 152 Å². The largest absolute Gasteiger partial charge is 0.348 e. The van der Waals surface area contributed by atoms with Gasteiger partial charge in [0.1, 0.15) is 11.5 Å². The lowest BCUT2D eigenvalue weighted by Gasteiger charge is -2.22. The van der Waals surface area contributed by atoms with Crippen molar-refractivity contribution < 1.29 is 14.0 Å². The van der Waals surface area contributed by atoms with Crippen molar-refractivity contribution in [2.45, 2.75) is 39.4 Å². The molecule has 2 rings (SSSR count). The lowest BCUT2D eigenvalue weighted by atomic mass is 10.1. The van der Waals surface area contributed by atoms with Gasteiger partial charge in [-0.3, -0.25) is 14.3 Å². The molecule has 1 aromatic carbocycles. The van der Waals surface area contributed by atoms with Crippen molar-refractivity contribution in [3.8, 4) is 0 Å². The molecule has 0 aliphatic heterocycles. The maximum Gasteiger partial charge on any atom is 0.269 e. The van der Waals surface area contributed by atoms with E-state index in [1.807, 2.05) is 20.8 Å². The predicted octanol–water partition coefficient (Wildman–Crippen LogP) is 2.51. The lowest BCUT2D eigenvalue weighted by molar-refractivity contribution is -0.116. The number of hydrogen-bond acceptors (Lipinski definition) is 3. The molecule has 138 valence electrons. The zero-order valence-electron chi connectivity index (χ0n) is 15.2. The van der Waals surface area contributed by atoms with E-state index in [2.05, 4.69) is 22.3 Å². The quantitative estimate of drug-likeness (QED) is 0.779. The summed E-state index contributed by atoms with van der Waals surface area (Å²) in [5.74, 6) is -1.09. The van der Waals surface area contributed by atoms with Crippen molar-refractivity contribution in [2.24, 2.45) is 0 Å². The fraction of sp³-hybridized carbons (Fsp3) is 0.316. The average molecular weight is 358 g/mol. The number of carbonyl (C=O) groups is 2. The van der Waals surface area contributed by atoms with Gasteiger partial charge in [0.15, 0.2) is 0 Å². The Hall–Kier alpha value is -2.96. The standard InChI is InChI=1S/C19H23FN4O2/c1-5-17(25)21-11-13-6-7-14(15(20)10-13)12-22-18(26)16-8-9-23-24(16)19(2,3)4/h5-10H,1,11-12H2,2-4H3,(H,21,25)(H,22,26). The smallest absolute Gasteiger partial charge is 0.269 e. The monoisotopic (exact) mass is 358 g/mol. The molecular formula is C19H23FN4O2. The Morgan fingerprint density at radius 1 is 1.23 bits per heavy atom. The van der Waals surface area contributed by atoms with E-state index in [9.17, 15) is 14.0 Å². The Balaban J connectivity index is 2.01. The predicted molar refractivity (Wildman–Crippen MR) is 96.8 cm³/mol. The number of benzene rings is 1. The van der Waals surface area contributed by atoms with E-state index in [0.29, 0.717) is 16.8 Å². The average Bonchev–Trinajstić information content (AvgIpc) is 3.08. The van der Waals surface area contributed by atoms with Crippen LogP contribution in [0.15, 0.2) is 43.1 Å². The number of halogens is 1. The van der Waals surface area contributed by atoms with Crippen molar-refractivity contribution in [1.82, 2.24) is 20.4 Å². The Kier molecular flexibility index (Phi) is 5.92. The van der Waals surface area contributed by atoms with Crippen LogP contribution in [0.1, 0.15) is 42.4 Å². The second-order valence-corrected chi connectivity index (χ2v) is 6.83. The molecule has 26 heavy (non-hydrogen) atoms. The molecule has 0 spiro atoms. The van der Waals surface area contributed by atoms with Gasteiger partial charge in [0.05, 0.1) is 5.54 Å². The zero-order valence-corrected chi connectivity index (χ0v) is 15.2. The summed E-state index contributed by atoms with van der Waals surface area (Å²) in [5, 5.41) is 9.47. The lowest BCUT2D eigenvalue weighted by Crippen LogP contribution is -2.32. The molecule has 1 heterocycles. The number of aromatic nitrogens is 2. The van der Waals surface area contributed by atoms with Crippen LogP contribution in [0.3, 0.4) is 0 Å². The first kappa shape index (κ1) is 19.4. The second kappa shape index (κ2) is 7.95. The molecule has 0 unspecified atom stereocenters. The number of hydrogen-bond donors (Lipinski definition) is 2. The minimum atomic E-state index is -0.444. The van der Waals surface area contributed by atoms with Gasteiger partial charge in [0.25, 0.3) is 5.91 Å². The Morgan fingerprint density at radius 3 is 2.58 bits per heavy atom. The third kappa shape index (κ3) is 4.78. The number of rotatable bonds is 6. The molecule has 0 bridgehead atoms. The fourth-order valence-corrected chi connectivity index (χ4v) is 2.38. The molecule has 0 atom stereocenters. The van der Waals surface area contributed by atoms with Crippen molar-refractivity contribution in [3.63, 3.8) is 0 Å². The highest BCUT2D eigenvalue weighted by Gasteiger charge is 2.21. The fourth-order valence-electron chi connectivity index (χ4n) is 2.38. The zero-order chi connectivity index (χ0) is 19.3. The highest BCUT2D eigenvalue weighted by atomic mass is 19.1. The van der Waals surface area contributed by atoms with E-state index >= 15 is 0 Å². The number of nitrogens with one attached hydrogen (secondary N) is 2. The minimum absolute atomic E-state index is 0.0548. The van der Waals surface area contributed by atoms with Gasteiger partial charge in [-0.15, -0.1) is 0 Å². The normalized spacial score (nSPS) is 11.1. The molecule has 2 N–H and O–H groups in total. The van der Waals surface area contributed by atoms with Crippen LogP contribution in [0.5, 0.6) is 0 Å². The van der Waals surface area contributed by atoms with E-state index < -0.39 is 5.82 Å². The van der Waals surface area contributed by atoms with Gasteiger partial charge >= 0.3 is 0 Å². The summed E-state index contributed by atoms with van der Waals surface area (Å²) in [6.45, 7) is 9.45. The minimum Gasteiger partial charge on any atom is -0.348 e. The summed E-state index contributed by atoms with van der Waals surface area (Å²) >= 11 is 0. The van der Waals surface area contributed by atoms with Crippen LogP contribution in [0, 0.1) is 5.82 Å². The highest BCUT2D eigenvalue weighted by Crippen LogP contribution is 2.16. The van der Waals surface area contributed by atoms with E-state index in [1.54, 1.807) is 29.1 Å². The molecule has 1 aromatic heterocycles. The van der Waals surface area contributed by atoms with Gasteiger partial charge in [-0.05, 0) is 44.5 Å². The molecule has 0 aliphatic rings. The summed E-state index contributed by atoms with van der Waals surface area (Å²) in [7, 11) is 0. The van der Waals surface area contributed by atoms with Crippen molar-refractivity contribution in [3.05, 3.63) is 65.8 Å². The first-order chi connectivity index (χ1) is 12.2. The number of nitrogens with zero attached hydrogens (tertiary/aromatic N) is 2. The van der Waals surface area contributed by atoms with Crippen LogP contribution in [0.4, 0.5) is 4.39 Å². The SMILES string of the molecule is C=CC(=O)NCc1ccc(CNC(=O)c2ccnn2C(C)(C)C)c(F)c1. The van der Waals surface area contributed by atoms with Crippen molar-refractivity contribution >= 4 is 11.8 Å². The topological polar surface area (TPSA) is 76.0 Å². The molecule has 0 fully saturated rings. The van der Waals surface area contributed by atoms with Gasteiger partial charge in [-0.25, -0.2) is 4.39 Å². The third-order valence-corrected chi connectivity index (χ3v) is 3.72. The molecule has 7 heteroatoms. The van der Waals surface area contributed by atoms with Gasteiger partial charge < -0.3 is 10.6 Å². The molecule has 6 nitrogen and oxygen atoms in total. The van der Waals surface area contributed by atoms with E-state index in [1.165, 1.54) is 6.07 Å². The molecular weight excluding hydrogens is 335 g/mol. The Bertz CT molecular complexity index is 821. The van der Waals surface area contributed by atoms with E-state index in [0.717, 1.165) is 6.08 Å². The van der Waals surface area contributed by atoms with Gasteiger partial charge in [-0.1, -0.05) is 18.7 Å². The first-order valence-electron chi connectivity index (χ1n) is 8.22. The molecule has 2 amide bonds. The highest BCUT2D eigenvalue weighted by molar-refractivity contribution is 5.92. The summed E-state index contributed by atoms with van der Waals surface area (Å²) in [6, 6.07) is 6.26. The molecule has 0 aliphatic carbocycles. The van der Waals surface area contributed by atoms with Crippen LogP contribution < -0.4 is 10.6 Å². The first-order valence-corrected chi connectivity index (χ1v) is 8.22. The molecule has 2 aromatic rings. The van der Waals surface area contributed by atoms with Crippen LogP contribution in [0.25, 0.3) is 0 Å². The van der Waals surface area contributed by atoms with Crippen LogP contribution in [-0.2, 0) is 23.4 Å². The van der Waals surface area contributed by atoms with Crippen LogP contribution in [0.2, 0.25) is 0 Å². The maximum absolute atomic E-state index is 14.2. The van der Waals surface area contributed by atoms with Gasteiger partial charge in [-0.2, -0.15) is 5.10 Å². The summed E-state index contributed by atoms with van der Waals surface area (Å²) in [4.78, 5) is 23.5. The van der Waals surface area contributed by atoms with E-state index in [4.69, 9.17) is 0 Å². The molecule has 0 saturated carbocycles. The summed E-state index contributed by atoms with van der Waals surface area (Å²) in [6.07, 6.45) is 2.72.